The molecule has 1 aromatic carbocycles. The number of aliphatic imine (C=N–C) groups is 1. The zero-order valence-electron chi connectivity index (χ0n) is 9.81. The molecule has 0 fully saturated rings. The standard InChI is InChI=1S/C12H19N3.ClH/c1-9(2)11-5-3-10(4-6-11)7-8-15-12(13)14;/h3-6,9H,7-8H2,1-2H3,(H4,13,14,15);1H. The van der Waals surface area contributed by atoms with Crippen molar-refractivity contribution >= 4 is 18.4 Å². The van der Waals surface area contributed by atoms with Gasteiger partial charge in [0.15, 0.2) is 5.96 Å². The van der Waals surface area contributed by atoms with E-state index in [9.17, 15) is 0 Å². The minimum absolute atomic E-state index is 0. The van der Waals surface area contributed by atoms with E-state index in [1.165, 1.54) is 11.1 Å². The summed E-state index contributed by atoms with van der Waals surface area (Å²) >= 11 is 0. The fourth-order valence-corrected chi connectivity index (χ4v) is 1.38. The van der Waals surface area contributed by atoms with E-state index in [1.807, 2.05) is 0 Å². The first kappa shape index (κ1) is 14.8. The van der Waals surface area contributed by atoms with Crippen LogP contribution >= 0.6 is 12.4 Å². The number of nitrogens with zero attached hydrogens (tertiary/aromatic N) is 1. The van der Waals surface area contributed by atoms with Crippen molar-refractivity contribution in [1.82, 2.24) is 0 Å². The van der Waals surface area contributed by atoms with Gasteiger partial charge in [-0.25, -0.2) is 0 Å². The van der Waals surface area contributed by atoms with Gasteiger partial charge in [-0.15, -0.1) is 12.4 Å². The molecule has 0 amide bonds. The molecule has 16 heavy (non-hydrogen) atoms. The van der Waals surface area contributed by atoms with Crippen molar-refractivity contribution in [3.63, 3.8) is 0 Å². The average molecular weight is 242 g/mol. The van der Waals surface area contributed by atoms with E-state index in [4.69, 9.17) is 11.5 Å². The molecule has 1 aromatic rings. The molecule has 0 saturated carbocycles. The van der Waals surface area contributed by atoms with E-state index in [1.54, 1.807) is 0 Å². The van der Waals surface area contributed by atoms with Crippen LogP contribution in [-0.2, 0) is 6.42 Å². The molecule has 1 rings (SSSR count). The predicted molar refractivity (Wildman–Crippen MR) is 72.2 cm³/mol. The van der Waals surface area contributed by atoms with Gasteiger partial charge in [-0.3, -0.25) is 4.99 Å². The van der Waals surface area contributed by atoms with Crippen molar-refractivity contribution < 1.29 is 0 Å². The van der Waals surface area contributed by atoms with E-state index < -0.39 is 0 Å². The Morgan fingerprint density at radius 1 is 1.19 bits per heavy atom. The molecular formula is C12H20ClN3. The van der Waals surface area contributed by atoms with Crippen molar-refractivity contribution in [2.75, 3.05) is 6.54 Å². The number of guanidine groups is 1. The van der Waals surface area contributed by atoms with Gasteiger partial charge in [0.1, 0.15) is 0 Å². The number of rotatable bonds is 4. The van der Waals surface area contributed by atoms with Gasteiger partial charge in [0, 0.05) is 6.54 Å². The normalized spacial score (nSPS) is 9.69. The van der Waals surface area contributed by atoms with Crippen molar-refractivity contribution in [3.8, 4) is 0 Å². The summed E-state index contributed by atoms with van der Waals surface area (Å²) in [6.45, 7) is 5.03. The molecule has 90 valence electrons. The molecule has 0 bridgehead atoms. The monoisotopic (exact) mass is 241 g/mol. The SMILES string of the molecule is CC(C)c1ccc(CCN=C(N)N)cc1.Cl. The Labute approximate surface area is 103 Å². The van der Waals surface area contributed by atoms with Crippen LogP contribution < -0.4 is 11.5 Å². The zero-order valence-corrected chi connectivity index (χ0v) is 10.6. The first-order valence-electron chi connectivity index (χ1n) is 5.24. The van der Waals surface area contributed by atoms with E-state index in [0.717, 1.165) is 6.42 Å². The highest BCUT2D eigenvalue weighted by Gasteiger charge is 1.98. The van der Waals surface area contributed by atoms with Crippen molar-refractivity contribution in [2.24, 2.45) is 16.5 Å². The van der Waals surface area contributed by atoms with Gasteiger partial charge in [-0.1, -0.05) is 38.1 Å². The first-order valence-corrected chi connectivity index (χ1v) is 5.24. The van der Waals surface area contributed by atoms with Crippen LogP contribution in [0, 0.1) is 0 Å². The van der Waals surface area contributed by atoms with Crippen molar-refractivity contribution in [2.45, 2.75) is 26.2 Å². The molecule has 3 nitrogen and oxygen atoms in total. The summed E-state index contributed by atoms with van der Waals surface area (Å²) in [7, 11) is 0. The molecule has 4 heteroatoms. The lowest BCUT2D eigenvalue weighted by Gasteiger charge is -2.05. The fourth-order valence-electron chi connectivity index (χ4n) is 1.38. The second-order valence-electron chi connectivity index (χ2n) is 3.95. The minimum atomic E-state index is 0. The Morgan fingerprint density at radius 3 is 2.19 bits per heavy atom. The highest BCUT2D eigenvalue weighted by Crippen LogP contribution is 2.14. The average Bonchev–Trinajstić information content (AvgIpc) is 2.18. The van der Waals surface area contributed by atoms with Crippen LogP contribution in [0.4, 0.5) is 0 Å². The molecular weight excluding hydrogens is 222 g/mol. The predicted octanol–water partition coefficient (Wildman–Crippen LogP) is 2.05. The van der Waals surface area contributed by atoms with E-state index in [0.29, 0.717) is 12.5 Å². The lowest BCUT2D eigenvalue weighted by atomic mass is 10.0. The molecule has 0 aliphatic heterocycles. The summed E-state index contributed by atoms with van der Waals surface area (Å²) in [5.41, 5.74) is 13.1. The number of benzene rings is 1. The van der Waals surface area contributed by atoms with Gasteiger partial charge in [-0.05, 0) is 23.5 Å². The Hall–Kier alpha value is -1.22. The smallest absolute Gasteiger partial charge is 0.185 e. The summed E-state index contributed by atoms with van der Waals surface area (Å²) in [4.78, 5) is 3.95. The Morgan fingerprint density at radius 2 is 1.75 bits per heavy atom. The topological polar surface area (TPSA) is 64.4 Å². The maximum absolute atomic E-state index is 5.25. The zero-order chi connectivity index (χ0) is 11.3. The maximum Gasteiger partial charge on any atom is 0.185 e. The van der Waals surface area contributed by atoms with Crippen LogP contribution in [0.1, 0.15) is 30.9 Å². The van der Waals surface area contributed by atoms with Crippen LogP contribution in [0.15, 0.2) is 29.3 Å². The fraction of sp³-hybridized carbons (Fsp3) is 0.417. The molecule has 4 N–H and O–H groups in total. The van der Waals surface area contributed by atoms with Crippen molar-refractivity contribution in [3.05, 3.63) is 35.4 Å². The largest absolute Gasteiger partial charge is 0.370 e. The van der Waals surface area contributed by atoms with E-state index in [-0.39, 0.29) is 18.4 Å². The third-order valence-electron chi connectivity index (χ3n) is 2.34. The van der Waals surface area contributed by atoms with Gasteiger partial charge in [-0.2, -0.15) is 0 Å². The van der Waals surface area contributed by atoms with Gasteiger partial charge in [0.05, 0.1) is 0 Å². The van der Waals surface area contributed by atoms with Crippen LogP contribution in [0.2, 0.25) is 0 Å². The maximum atomic E-state index is 5.25. The first-order chi connectivity index (χ1) is 7.09. The highest BCUT2D eigenvalue weighted by molar-refractivity contribution is 5.85. The van der Waals surface area contributed by atoms with Crippen molar-refractivity contribution in [1.29, 1.82) is 0 Å². The number of halogens is 1. The molecule has 0 unspecified atom stereocenters. The Balaban J connectivity index is 0.00000225. The third kappa shape index (κ3) is 5.03. The van der Waals surface area contributed by atoms with Gasteiger partial charge in [0.2, 0.25) is 0 Å². The Bertz CT molecular complexity index is 327. The summed E-state index contributed by atoms with van der Waals surface area (Å²) in [6.07, 6.45) is 0.885. The molecule has 0 atom stereocenters. The van der Waals surface area contributed by atoms with Crippen LogP contribution in [0.3, 0.4) is 0 Å². The lowest BCUT2D eigenvalue weighted by Crippen LogP contribution is -2.23. The quantitative estimate of drug-likeness (QED) is 0.626. The van der Waals surface area contributed by atoms with Gasteiger partial charge >= 0.3 is 0 Å². The molecule has 0 spiro atoms. The van der Waals surface area contributed by atoms with E-state index >= 15 is 0 Å². The molecule has 0 saturated heterocycles. The summed E-state index contributed by atoms with van der Waals surface area (Å²) in [5, 5.41) is 0. The number of hydrogen-bond donors (Lipinski definition) is 2. The molecule has 0 aliphatic rings. The third-order valence-corrected chi connectivity index (χ3v) is 2.34. The van der Waals surface area contributed by atoms with Gasteiger partial charge < -0.3 is 11.5 Å². The second kappa shape index (κ2) is 7.12. The van der Waals surface area contributed by atoms with Crippen LogP contribution in [-0.4, -0.2) is 12.5 Å². The summed E-state index contributed by atoms with van der Waals surface area (Å²) < 4.78 is 0. The molecule has 0 aromatic heterocycles. The van der Waals surface area contributed by atoms with E-state index in [2.05, 4.69) is 43.1 Å². The van der Waals surface area contributed by atoms with Crippen LogP contribution in [0.5, 0.6) is 0 Å². The lowest BCUT2D eigenvalue weighted by molar-refractivity contribution is 0.863. The number of nitrogens with two attached hydrogens (primary N) is 2. The molecule has 0 radical (unpaired) electrons. The minimum Gasteiger partial charge on any atom is -0.370 e. The number of hydrogen-bond acceptors (Lipinski definition) is 1. The highest BCUT2D eigenvalue weighted by atomic mass is 35.5. The summed E-state index contributed by atoms with van der Waals surface area (Å²) in [5.74, 6) is 0.741. The van der Waals surface area contributed by atoms with Gasteiger partial charge in [0.25, 0.3) is 0 Å². The Kier molecular flexibility index (Phi) is 6.58. The molecule has 0 heterocycles. The van der Waals surface area contributed by atoms with Crippen LogP contribution in [0.25, 0.3) is 0 Å². The summed E-state index contributed by atoms with van der Waals surface area (Å²) in [6, 6.07) is 8.60. The second-order valence-corrected chi connectivity index (χ2v) is 3.95. The molecule has 0 aliphatic carbocycles.